The highest BCUT2D eigenvalue weighted by molar-refractivity contribution is 5.85. The lowest BCUT2D eigenvalue weighted by Crippen LogP contribution is -2.42. The molecule has 0 saturated carbocycles. The summed E-state index contributed by atoms with van der Waals surface area (Å²) < 4.78 is 0. The molecule has 0 aliphatic carbocycles. The van der Waals surface area contributed by atoms with Crippen molar-refractivity contribution < 1.29 is 4.79 Å². The number of hydrogen-bond acceptors (Lipinski definition) is 3. The summed E-state index contributed by atoms with van der Waals surface area (Å²) in [6.07, 6.45) is 4.72. The topological polar surface area (TPSA) is 44.4 Å². The fraction of sp³-hybridized carbons (Fsp3) is 0.650. The Bertz CT molecular complexity index is 498. The zero-order chi connectivity index (χ0) is 17.4. The number of piperidine rings is 1. The summed E-state index contributed by atoms with van der Waals surface area (Å²) in [7, 11) is 2.01. The zero-order valence-electron chi connectivity index (χ0n) is 15.9. The molecule has 1 amide bonds. The third-order valence-electron chi connectivity index (χ3n) is 5.14. The number of carbonyl (C=O) groups excluding carboxylic acids is 1. The van der Waals surface area contributed by atoms with Gasteiger partial charge in [0.15, 0.2) is 0 Å². The number of carbonyl (C=O) groups is 1. The van der Waals surface area contributed by atoms with Crippen LogP contribution in [-0.4, -0.2) is 44.0 Å². The molecule has 1 aromatic rings. The van der Waals surface area contributed by atoms with Crippen molar-refractivity contribution >= 4 is 18.3 Å². The van der Waals surface area contributed by atoms with Crippen LogP contribution in [0.3, 0.4) is 0 Å². The van der Waals surface area contributed by atoms with Crippen LogP contribution in [-0.2, 0) is 11.2 Å². The quantitative estimate of drug-likeness (QED) is 0.741. The van der Waals surface area contributed by atoms with Crippen LogP contribution in [0.15, 0.2) is 24.3 Å². The van der Waals surface area contributed by atoms with Crippen molar-refractivity contribution in [2.24, 2.45) is 5.92 Å². The Morgan fingerprint density at radius 2 is 1.88 bits per heavy atom. The summed E-state index contributed by atoms with van der Waals surface area (Å²) >= 11 is 0. The summed E-state index contributed by atoms with van der Waals surface area (Å²) in [5.74, 6) is 0.948. The van der Waals surface area contributed by atoms with E-state index in [1.807, 2.05) is 7.05 Å². The first-order valence-corrected chi connectivity index (χ1v) is 9.37. The van der Waals surface area contributed by atoms with E-state index in [1.165, 1.54) is 30.4 Å². The van der Waals surface area contributed by atoms with Crippen molar-refractivity contribution in [3.05, 3.63) is 35.4 Å². The van der Waals surface area contributed by atoms with E-state index in [2.05, 4.69) is 53.6 Å². The van der Waals surface area contributed by atoms with E-state index in [0.29, 0.717) is 6.54 Å². The van der Waals surface area contributed by atoms with Crippen LogP contribution < -0.4 is 10.6 Å². The molecule has 25 heavy (non-hydrogen) atoms. The van der Waals surface area contributed by atoms with Crippen molar-refractivity contribution in [3.63, 3.8) is 0 Å². The molecule has 2 rings (SSSR count). The van der Waals surface area contributed by atoms with Crippen molar-refractivity contribution in [1.82, 2.24) is 15.5 Å². The van der Waals surface area contributed by atoms with Gasteiger partial charge in [0.1, 0.15) is 0 Å². The second kappa shape index (κ2) is 11.5. The molecule has 0 spiro atoms. The van der Waals surface area contributed by atoms with E-state index in [9.17, 15) is 4.79 Å². The molecule has 1 saturated heterocycles. The standard InChI is InChI=1S/C20H33N3O.ClH/c1-4-17-5-7-19(8-6-17)16(2)22-20(24)15-23-13-10-18(11-14-23)9-12-21-3;/h5-8,16,18,21H,4,9-15H2,1-3H3,(H,22,24);1H. The third kappa shape index (κ3) is 7.35. The van der Waals surface area contributed by atoms with E-state index in [1.54, 1.807) is 0 Å². The first kappa shape index (κ1) is 21.9. The molecular formula is C20H34ClN3O. The Morgan fingerprint density at radius 1 is 1.24 bits per heavy atom. The molecule has 1 aromatic carbocycles. The summed E-state index contributed by atoms with van der Waals surface area (Å²) in [5, 5.41) is 6.36. The second-order valence-electron chi connectivity index (χ2n) is 7.00. The maximum absolute atomic E-state index is 12.3. The van der Waals surface area contributed by atoms with Crippen LogP contribution in [0.4, 0.5) is 0 Å². The number of nitrogens with one attached hydrogen (secondary N) is 2. The SMILES string of the molecule is CCc1ccc(C(C)NC(=O)CN2CCC(CCNC)CC2)cc1.Cl. The van der Waals surface area contributed by atoms with Crippen LogP contribution >= 0.6 is 12.4 Å². The van der Waals surface area contributed by atoms with Gasteiger partial charge >= 0.3 is 0 Å². The van der Waals surface area contributed by atoms with Crippen LogP contribution in [0.25, 0.3) is 0 Å². The van der Waals surface area contributed by atoms with Crippen molar-refractivity contribution in [3.8, 4) is 0 Å². The normalized spacial score (nSPS) is 16.9. The van der Waals surface area contributed by atoms with E-state index in [0.717, 1.165) is 32.0 Å². The van der Waals surface area contributed by atoms with Gasteiger partial charge in [-0.25, -0.2) is 0 Å². The molecular weight excluding hydrogens is 334 g/mol. The Morgan fingerprint density at radius 3 is 2.44 bits per heavy atom. The molecule has 142 valence electrons. The molecule has 0 bridgehead atoms. The van der Waals surface area contributed by atoms with E-state index < -0.39 is 0 Å². The number of hydrogen-bond donors (Lipinski definition) is 2. The van der Waals surface area contributed by atoms with Gasteiger partial charge in [0.2, 0.25) is 5.91 Å². The van der Waals surface area contributed by atoms with Gasteiger partial charge in [0.25, 0.3) is 0 Å². The molecule has 1 fully saturated rings. The predicted octanol–water partition coefficient (Wildman–Crippen LogP) is 3.17. The molecule has 1 atom stereocenters. The molecule has 0 aromatic heterocycles. The Hall–Kier alpha value is -1.10. The smallest absolute Gasteiger partial charge is 0.234 e. The number of halogens is 1. The number of likely N-dealkylation sites (tertiary alicyclic amines) is 1. The average Bonchev–Trinajstić information content (AvgIpc) is 2.61. The minimum Gasteiger partial charge on any atom is -0.348 e. The van der Waals surface area contributed by atoms with Gasteiger partial charge in [0.05, 0.1) is 12.6 Å². The van der Waals surface area contributed by atoms with Gasteiger partial charge in [0, 0.05) is 0 Å². The third-order valence-corrected chi connectivity index (χ3v) is 5.14. The number of aryl methyl sites for hydroxylation is 1. The Balaban J connectivity index is 0.00000312. The maximum Gasteiger partial charge on any atom is 0.234 e. The number of benzene rings is 1. The number of rotatable bonds is 8. The molecule has 5 heteroatoms. The molecule has 4 nitrogen and oxygen atoms in total. The lowest BCUT2D eigenvalue weighted by Gasteiger charge is -2.31. The minimum atomic E-state index is 0. The van der Waals surface area contributed by atoms with E-state index >= 15 is 0 Å². The van der Waals surface area contributed by atoms with Gasteiger partial charge in [-0.1, -0.05) is 31.2 Å². The second-order valence-corrected chi connectivity index (χ2v) is 7.00. The van der Waals surface area contributed by atoms with Gasteiger partial charge in [-0.15, -0.1) is 12.4 Å². The number of nitrogens with zero attached hydrogens (tertiary/aromatic N) is 1. The highest BCUT2D eigenvalue weighted by Crippen LogP contribution is 2.20. The lowest BCUT2D eigenvalue weighted by atomic mass is 9.93. The molecule has 1 aliphatic heterocycles. The molecule has 1 unspecified atom stereocenters. The van der Waals surface area contributed by atoms with E-state index in [-0.39, 0.29) is 24.4 Å². The van der Waals surface area contributed by atoms with Gasteiger partial charge in [-0.3, -0.25) is 9.69 Å². The van der Waals surface area contributed by atoms with Gasteiger partial charge in [-0.05, 0) is 76.3 Å². The van der Waals surface area contributed by atoms with Crippen LogP contribution in [0.2, 0.25) is 0 Å². The monoisotopic (exact) mass is 367 g/mol. The molecule has 2 N–H and O–H groups in total. The van der Waals surface area contributed by atoms with Crippen LogP contribution in [0.1, 0.15) is 50.3 Å². The van der Waals surface area contributed by atoms with E-state index in [4.69, 9.17) is 0 Å². The van der Waals surface area contributed by atoms with Crippen LogP contribution in [0, 0.1) is 5.92 Å². The molecule has 1 heterocycles. The Kier molecular flexibility index (Phi) is 10.1. The zero-order valence-corrected chi connectivity index (χ0v) is 16.7. The van der Waals surface area contributed by atoms with Crippen molar-refractivity contribution in [2.75, 3.05) is 33.2 Å². The average molecular weight is 368 g/mol. The first-order chi connectivity index (χ1) is 11.6. The van der Waals surface area contributed by atoms with Gasteiger partial charge < -0.3 is 10.6 Å². The van der Waals surface area contributed by atoms with Crippen LogP contribution in [0.5, 0.6) is 0 Å². The molecule has 0 radical (unpaired) electrons. The highest BCUT2D eigenvalue weighted by Gasteiger charge is 2.21. The van der Waals surface area contributed by atoms with Crippen molar-refractivity contribution in [1.29, 1.82) is 0 Å². The number of amides is 1. The highest BCUT2D eigenvalue weighted by atomic mass is 35.5. The summed E-state index contributed by atoms with van der Waals surface area (Å²) in [6.45, 7) is 7.92. The fourth-order valence-corrected chi connectivity index (χ4v) is 3.40. The summed E-state index contributed by atoms with van der Waals surface area (Å²) in [5.41, 5.74) is 2.50. The maximum atomic E-state index is 12.3. The lowest BCUT2D eigenvalue weighted by molar-refractivity contribution is -0.123. The largest absolute Gasteiger partial charge is 0.348 e. The fourth-order valence-electron chi connectivity index (χ4n) is 3.40. The summed E-state index contributed by atoms with van der Waals surface area (Å²) in [6, 6.07) is 8.60. The first-order valence-electron chi connectivity index (χ1n) is 9.37. The molecule has 1 aliphatic rings. The van der Waals surface area contributed by atoms with Crippen molar-refractivity contribution in [2.45, 2.75) is 45.6 Å². The summed E-state index contributed by atoms with van der Waals surface area (Å²) in [4.78, 5) is 14.6. The minimum absolute atomic E-state index is 0. The predicted molar refractivity (Wildman–Crippen MR) is 107 cm³/mol. The Labute approximate surface area is 159 Å². The van der Waals surface area contributed by atoms with Gasteiger partial charge in [-0.2, -0.15) is 0 Å².